The standard InChI is InChI=1S/C22H18ClF3N2O2S/c23-15-3-1-14(2-4-15)19-7-8-20(31-19)21(29)27-18-6-5-16(13-17(18)22(24,25)26)28-9-11-30-12-10-28/h1-8,13H,9-12H2,(H,27,29). The Morgan fingerprint density at radius 3 is 2.42 bits per heavy atom. The van der Waals surface area contributed by atoms with Gasteiger partial charge in [0, 0.05) is 28.7 Å². The molecule has 0 aliphatic carbocycles. The molecule has 1 aromatic heterocycles. The third-order valence-electron chi connectivity index (χ3n) is 4.89. The fourth-order valence-corrected chi connectivity index (χ4v) is 4.34. The molecular weight excluding hydrogens is 449 g/mol. The number of thiophene rings is 1. The van der Waals surface area contributed by atoms with Crippen molar-refractivity contribution < 1.29 is 22.7 Å². The summed E-state index contributed by atoms with van der Waals surface area (Å²) in [5.74, 6) is -0.588. The Bertz CT molecular complexity index is 1080. The van der Waals surface area contributed by atoms with Crippen LogP contribution < -0.4 is 10.2 Å². The van der Waals surface area contributed by atoms with Gasteiger partial charge < -0.3 is 15.0 Å². The summed E-state index contributed by atoms with van der Waals surface area (Å²) in [6.45, 7) is 1.97. The molecule has 3 aromatic rings. The SMILES string of the molecule is O=C(Nc1ccc(N2CCOCC2)cc1C(F)(F)F)c1ccc(-c2ccc(Cl)cc2)s1. The molecule has 1 aliphatic heterocycles. The van der Waals surface area contributed by atoms with Crippen LogP contribution in [0.5, 0.6) is 0 Å². The smallest absolute Gasteiger partial charge is 0.378 e. The number of ether oxygens (including phenoxy) is 1. The molecule has 1 aliphatic rings. The molecule has 1 saturated heterocycles. The van der Waals surface area contributed by atoms with Gasteiger partial charge in [-0.2, -0.15) is 13.2 Å². The van der Waals surface area contributed by atoms with Crippen LogP contribution in [0.1, 0.15) is 15.2 Å². The van der Waals surface area contributed by atoms with E-state index in [1.165, 1.54) is 17.4 Å². The van der Waals surface area contributed by atoms with E-state index < -0.39 is 17.6 Å². The van der Waals surface area contributed by atoms with Crippen LogP contribution in [-0.4, -0.2) is 32.2 Å². The number of morpholine rings is 1. The Morgan fingerprint density at radius 1 is 1.03 bits per heavy atom. The highest BCUT2D eigenvalue weighted by atomic mass is 35.5. The molecule has 9 heteroatoms. The molecule has 4 nitrogen and oxygen atoms in total. The molecule has 162 valence electrons. The molecule has 0 radical (unpaired) electrons. The zero-order chi connectivity index (χ0) is 22.0. The van der Waals surface area contributed by atoms with Gasteiger partial charge in [0.2, 0.25) is 0 Å². The van der Waals surface area contributed by atoms with E-state index in [-0.39, 0.29) is 5.69 Å². The van der Waals surface area contributed by atoms with E-state index in [0.717, 1.165) is 16.5 Å². The van der Waals surface area contributed by atoms with Gasteiger partial charge in [0.25, 0.3) is 5.91 Å². The van der Waals surface area contributed by atoms with E-state index in [4.69, 9.17) is 16.3 Å². The molecule has 0 spiro atoms. The number of hydrogen-bond donors (Lipinski definition) is 1. The molecule has 1 N–H and O–H groups in total. The highest BCUT2D eigenvalue weighted by Gasteiger charge is 2.35. The summed E-state index contributed by atoms with van der Waals surface area (Å²) in [5, 5.41) is 3.02. The summed E-state index contributed by atoms with van der Waals surface area (Å²) in [6.07, 6.45) is -4.60. The highest BCUT2D eigenvalue weighted by molar-refractivity contribution is 7.17. The van der Waals surface area contributed by atoms with Crippen LogP contribution in [0.15, 0.2) is 54.6 Å². The van der Waals surface area contributed by atoms with Crippen LogP contribution in [0.25, 0.3) is 10.4 Å². The maximum absolute atomic E-state index is 13.7. The third-order valence-corrected chi connectivity index (χ3v) is 6.28. The van der Waals surface area contributed by atoms with Crippen LogP contribution in [-0.2, 0) is 10.9 Å². The molecule has 2 aromatic carbocycles. The van der Waals surface area contributed by atoms with Gasteiger partial charge in [-0.05, 0) is 48.0 Å². The van der Waals surface area contributed by atoms with Crippen LogP contribution in [0, 0.1) is 0 Å². The maximum atomic E-state index is 13.7. The second-order valence-corrected chi connectivity index (χ2v) is 8.47. The number of rotatable bonds is 4. The molecule has 0 unspecified atom stereocenters. The van der Waals surface area contributed by atoms with Crippen LogP contribution in [0.2, 0.25) is 5.02 Å². The number of nitrogens with one attached hydrogen (secondary N) is 1. The Hall–Kier alpha value is -2.55. The summed E-state index contributed by atoms with van der Waals surface area (Å²) in [5.41, 5.74) is 0.185. The van der Waals surface area contributed by atoms with E-state index >= 15 is 0 Å². The number of anilines is 2. The summed E-state index contributed by atoms with van der Waals surface area (Å²) in [6, 6.07) is 14.4. The molecule has 4 rings (SSSR count). The molecule has 2 heterocycles. The van der Waals surface area contributed by atoms with Crippen molar-refractivity contribution in [2.24, 2.45) is 0 Å². The van der Waals surface area contributed by atoms with Crippen molar-refractivity contribution in [3.05, 3.63) is 70.1 Å². The normalized spacial score (nSPS) is 14.5. The fraction of sp³-hybridized carbons (Fsp3) is 0.227. The topological polar surface area (TPSA) is 41.6 Å². The molecule has 0 atom stereocenters. The van der Waals surface area contributed by atoms with Gasteiger partial charge in [-0.25, -0.2) is 0 Å². The third kappa shape index (κ3) is 5.03. The van der Waals surface area contributed by atoms with Gasteiger partial charge in [-0.1, -0.05) is 23.7 Å². The number of amides is 1. The molecular formula is C22H18ClF3N2O2S. The first-order chi connectivity index (χ1) is 14.8. The number of benzene rings is 2. The maximum Gasteiger partial charge on any atom is 0.418 e. The largest absolute Gasteiger partial charge is 0.418 e. The first kappa shape index (κ1) is 21.7. The van der Waals surface area contributed by atoms with Crippen molar-refractivity contribution in [1.29, 1.82) is 0 Å². The van der Waals surface area contributed by atoms with Crippen molar-refractivity contribution in [2.75, 3.05) is 36.5 Å². The fourth-order valence-electron chi connectivity index (χ4n) is 3.31. The summed E-state index contributed by atoms with van der Waals surface area (Å²) in [7, 11) is 0. The van der Waals surface area contributed by atoms with Gasteiger partial charge in [-0.15, -0.1) is 11.3 Å². The Morgan fingerprint density at radius 2 is 1.74 bits per heavy atom. The number of alkyl halides is 3. The Kier molecular flexibility index (Phi) is 6.22. The van der Waals surface area contributed by atoms with Crippen molar-refractivity contribution in [3.8, 4) is 10.4 Å². The summed E-state index contributed by atoms with van der Waals surface area (Å²) >= 11 is 7.10. The zero-order valence-corrected chi connectivity index (χ0v) is 17.8. The van der Waals surface area contributed by atoms with Crippen LogP contribution >= 0.6 is 22.9 Å². The first-order valence-electron chi connectivity index (χ1n) is 9.52. The van der Waals surface area contributed by atoms with E-state index in [0.29, 0.717) is 41.9 Å². The molecule has 1 amide bonds. The predicted molar refractivity (Wildman–Crippen MR) is 117 cm³/mol. The van der Waals surface area contributed by atoms with Crippen molar-refractivity contribution >= 4 is 40.2 Å². The van der Waals surface area contributed by atoms with Gasteiger partial charge >= 0.3 is 6.18 Å². The van der Waals surface area contributed by atoms with E-state index in [9.17, 15) is 18.0 Å². The molecule has 1 fully saturated rings. The second kappa shape index (κ2) is 8.90. The number of hydrogen-bond acceptors (Lipinski definition) is 4. The van der Waals surface area contributed by atoms with E-state index in [2.05, 4.69) is 5.32 Å². The van der Waals surface area contributed by atoms with Crippen molar-refractivity contribution in [1.82, 2.24) is 0 Å². The molecule has 0 saturated carbocycles. The highest BCUT2D eigenvalue weighted by Crippen LogP contribution is 2.38. The van der Waals surface area contributed by atoms with Gasteiger partial charge in [0.05, 0.1) is 29.3 Å². The zero-order valence-electron chi connectivity index (χ0n) is 16.2. The molecule has 31 heavy (non-hydrogen) atoms. The Labute approximate surface area is 186 Å². The first-order valence-corrected chi connectivity index (χ1v) is 10.7. The average Bonchev–Trinajstić information content (AvgIpc) is 3.25. The van der Waals surface area contributed by atoms with Gasteiger partial charge in [0.1, 0.15) is 0 Å². The lowest BCUT2D eigenvalue weighted by atomic mass is 10.1. The van der Waals surface area contributed by atoms with Crippen molar-refractivity contribution in [2.45, 2.75) is 6.18 Å². The summed E-state index contributed by atoms with van der Waals surface area (Å²) < 4.78 is 46.4. The minimum atomic E-state index is -4.60. The minimum absolute atomic E-state index is 0.268. The number of halogens is 4. The monoisotopic (exact) mass is 466 g/mol. The van der Waals surface area contributed by atoms with Crippen molar-refractivity contribution in [3.63, 3.8) is 0 Å². The Balaban J connectivity index is 1.56. The number of carbonyl (C=O) groups is 1. The lowest BCUT2D eigenvalue weighted by Gasteiger charge is -2.29. The lowest BCUT2D eigenvalue weighted by molar-refractivity contribution is -0.136. The number of nitrogens with zero attached hydrogens (tertiary/aromatic N) is 1. The second-order valence-electron chi connectivity index (χ2n) is 6.95. The summed E-state index contributed by atoms with van der Waals surface area (Å²) in [4.78, 5) is 15.6. The van der Waals surface area contributed by atoms with E-state index in [1.54, 1.807) is 30.3 Å². The minimum Gasteiger partial charge on any atom is -0.378 e. The van der Waals surface area contributed by atoms with Crippen LogP contribution in [0.4, 0.5) is 24.5 Å². The van der Waals surface area contributed by atoms with E-state index in [1.807, 2.05) is 17.0 Å². The van der Waals surface area contributed by atoms with Gasteiger partial charge in [-0.3, -0.25) is 4.79 Å². The lowest BCUT2D eigenvalue weighted by Crippen LogP contribution is -2.36. The average molecular weight is 467 g/mol. The number of carbonyl (C=O) groups excluding carboxylic acids is 1. The predicted octanol–water partition coefficient (Wildman–Crippen LogP) is 6.18. The van der Waals surface area contributed by atoms with Gasteiger partial charge in [0.15, 0.2) is 0 Å². The quantitative estimate of drug-likeness (QED) is 0.499. The van der Waals surface area contributed by atoms with Crippen LogP contribution in [0.3, 0.4) is 0 Å². The molecule has 0 bridgehead atoms.